The molecule has 0 unspecified atom stereocenters. The van der Waals surface area contributed by atoms with Crippen LogP contribution < -0.4 is 5.43 Å². The molecule has 24 heavy (non-hydrogen) atoms. The maximum atomic E-state index is 12.4. The van der Waals surface area contributed by atoms with Gasteiger partial charge in [0.1, 0.15) is 0 Å². The second kappa shape index (κ2) is 6.98. The molecule has 0 aliphatic carbocycles. The molecule has 1 aliphatic rings. The van der Waals surface area contributed by atoms with Crippen LogP contribution in [0.1, 0.15) is 16.1 Å². The third-order valence-electron chi connectivity index (χ3n) is 3.09. The smallest absolute Gasteiger partial charge is 0.285 e. The zero-order valence-electron chi connectivity index (χ0n) is 11.9. The Labute approximate surface area is 157 Å². The van der Waals surface area contributed by atoms with E-state index in [4.69, 9.17) is 35.4 Å². The van der Waals surface area contributed by atoms with E-state index in [1.54, 1.807) is 12.3 Å². The summed E-state index contributed by atoms with van der Waals surface area (Å²) < 4.78 is 0.233. The number of benzene rings is 1. The molecule has 0 atom stereocenters. The largest absolute Gasteiger partial charge is 0.362 e. The number of thiocarbonyl (C=S) groups is 1. The number of amides is 2. The van der Waals surface area contributed by atoms with Gasteiger partial charge in [0.2, 0.25) is 0 Å². The molecule has 122 valence electrons. The SMILES string of the molecule is O=C(NN1C(=O)C(=Cc2ccc[nH]2)SC1=S)c1ccc(Cl)cc1Cl. The number of carbonyl (C=O) groups is 2. The van der Waals surface area contributed by atoms with Crippen LogP contribution in [0.4, 0.5) is 0 Å². The van der Waals surface area contributed by atoms with Gasteiger partial charge in [-0.25, -0.2) is 0 Å². The van der Waals surface area contributed by atoms with Crippen molar-refractivity contribution in [1.29, 1.82) is 0 Å². The van der Waals surface area contributed by atoms with E-state index in [-0.39, 0.29) is 14.9 Å². The van der Waals surface area contributed by atoms with E-state index in [9.17, 15) is 9.59 Å². The fraction of sp³-hybridized carbons (Fsp3) is 0. The van der Waals surface area contributed by atoms with E-state index >= 15 is 0 Å². The predicted octanol–water partition coefficient (Wildman–Crippen LogP) is 3.87. The first-order valence-corrected chi connectivity index (χ1v) is 8.61. The fourth-order valence-electron chi connectivity index (χ4n) is 1.97. The maximum absolute atomic E-state index is 12.4. The van der Waals surface area contributed by atoms with Gasteiger partial charge in [0.25, 0.3) is 11.8 Å². The van der Waals surface area contributed by atoms with Crippen LogP contribution in [0.15, 0.2) is 41.4 Å². The second-order valence-electron chi connectivity index (χ2n) is 4.71. The Morgan fingerprint density at radius 2 is 2.12 bits per heavy atom. The van der Waals surface area contributed by atoms with Crippen LogP contribution >= 0.6 is 47.2 Å². The standard InChI is InChI=1S/C15H9Cl2N3O2S2/c16-8-3-4-10(11(17)6-8)13(21)19-20-14(22)12(24-15(20)23)7-9-2-1-5-18-9/h1-7,18H,(H,19,21). The van der Waals surface area contributed by atoms with E-state index in [1.165, 1.54) is 18.2 Å². The molecule has 2 amide bonds. The molecular weight excluding hydrogens is 389 g/mol. The summed E-state index contributed by atoms with van der Waals surface area (Å²) in [6.07, 6.45) is 3.41. The molecule has 3 rings (SSSR count). The highest BCUT2D eigenvalue weighted by Crippen LogP contribution is 2.31. The van der Waals surface area contributed by atoms with Gasteiger partial charge < -0.3 is 4.98 Å². The van der Waals surface area contributed by atoms with Crippen molar-refractivity contribution in [2.75, 3.05) is 0 Å². The molecule has 2 aromatic rings. The van der Waals surface area contributed by atoms with E-state index in [0.29, 0.717) is 9.93 Å². The van der Waals surface area contributed by atoms with Crippen molar-refractivity contribution in [3.63, 3.8) is 0 Å². The Bertz CT molecular complexity index is 866. The van der Waals surface area contributed by atoms with Crippen molar-refractivity contribution in [3.8, 4) is 0 Å². The lowest BCUT2D eigenvalue weighted by atomic mass is 10.2. The lowest BCUT2D eigenvalue weighted by Gasteiger charge is -2.16. The van der Waals surface area contributed by atoms with Crippen molar-refractivity contribution in [1.82, 2.24) is 15.4 Å². The van der Waals surface area contributed by atoms with Gasteiger partial charge >= 0.3 is 0 Å². The molecule has 2 N–H and O–H groups in total. The Kier molecular flexibility index (Phi) is 4.96. The van der Waals surface area contributed by atoms with E-state index in [2.05, 4.69) is 10.4 Å². The highest BCUT2D eigenvalue weighted by Gasteiger charge is 2.34. The fourth-order valence-corrected chi connectivity index (χ4v) is 3.64. The number of thioether (sulfide) groups is 1. The molecule has 2 heterocycles. The Balaban J connectivity index is 1.79. The zero-order chi connectivity index (χ0) is 17.3. The van der Waals surface area contributed by atoms with Gasteiger partial charge in [0.15, 0.2) is 4.32 Å². The highest BCUT2D eigenvalue weighted by molar-refractivity contribution is 8.26. The predicted molar refractivity (Wildman–Crippen MR) is 99.7 cm³/mol. The minimum absolute atomic E-state index is 0.187. The number of nitrogens with zero attached hydrogens (tertiary/aromatic N) is 1. The second-order valence-corrected chi connectivity index (χ2v) is 7.23. The molecule has 0 bridgehead atoms. The minimum atomic E-state index is -0.547. The number of H-pyrrole nitrogens is 1. The van der Waals surface area contributed by atoms with Crippen molar-refractivity contribution < 1.29 is 9.59 Å². The monoisotopic (exact) mass is 397 g/mol. The number of halogens is 2. The van der Waals surface area contributed by atoms with Crippen molar-refractivity contribution in [3.05, 3.63) is 62.7 Å². The summed E-state index contributed by atoms with van der Waals surface area (Å²) in [6, 6.07) is 8.10. The zero-order valence-corrected chi connectivity index (χ0v) is 15.0. The number of nitrogens with one attached hydrogen (secondary N) is 2. The molecule has 5 nitrogen and oxygen atoms in total. The van der Waals surface area contributed by atoms with E-state index in [0.717, 1.165) is 22.5 Å². The Morgan fingerprint density at radius 3 is 2.79 bits per heavy atom. The van der Waals surface area contributed by atoms with Crippen LogP contribution in [-0.2, 0) is 4.79 Å². The third-order valence-corrected chi connectivity index (χ3v) is 4.94. The lowest BCUT2D eigenvalue weighted by molar-refractivity contribution is -0.123. The minimum Gasteiger partial charge on any atom is -0.362 e. The van der Waals surface area contributed by atoms with Crippen LogP contribution in [0, 0.1) is 0 Å². The summed E-state index contributed by atoms with van der Waals surface area (Å²) in [5.41, 5.74) is 3.43. The average molecular weight is 398 g/mol. The van der Waals surface area contributed by atoms with Gasteiger partial charge in [-0.3, -0.25) is 15.0 Å². The van der Waals surface area contributed by atoms with E-state index < -0.39 is 11.8 Å². The molecule has 1 saturated heterocycles. The molecule has 0 spiro atoms. The lowest BCUT2D eigenvalue weighted by Crippen LogP contribution is -2.44. The molecule has 1 aromatic heterocycles. The normalized spacial score (nSPS) is 16.1. The van der Waals surface area contributed by atoms with Crippen LogP contribution in [-0.4, -0.2) is 26.1 Å². The van der Waals surface area contributed by atoms with Crippen LogP contribution in [0.5, 0.6) is 0 Å². The summed E-state index contributed by atoms with van der Waals surface area (Å²) in [4.78, 5) is 28.1. The van der Waals surface area contributed by atoms with Crippen LogP contribution in [0.25, 0.3) is 6.08 Å². The quantitative estimate of drug-likeness (QED) is 0.609. The molecular formula is C15H9Cl2N3O2S2. The van der Waals surface area contributed by atoms with Crippen LogP contribution in [0.2, 0.25) is 10.0 Å². The molecule has 1 aromatic carbocycles. The Hall–Kier alpha value is -1.80. The number of carbonyl (C=O) groups excluding carboxylic acids is 2. The number of hydrazine groups is 1. The summed E-state index contributed by atoms with van der Waals surface area (Å²) in [7, 11) is 0. The summed E-state index contributed by atoms with van der Waals surface area (Å²) in [5, 5.41) is 1.63. The average Bonchev–Trinajstić information content (AvgIpc) is 3.11. The van der Waals surface area contributed by atoms with Crippen molar-refractivity contribution in [2.24, 2.45) is 0 Å². The first-order valence-electron chi connectivity index (χ1n) is 6.63. The van der Waals surface area contributed by atoms with Gasteiger partial charge in [-0.15, -0.1) is 0 Å². The first kappa shape index (κ1) is 17.0. The van der Waals surface area contributed by atoms with Gasteiger partial charge in [0.05, 0.1) is 15.5 Å². The van der Waals surface area contributed by atoms with Gasteiger partial charge in [0, 0.05) is 16.9 Å². The number of rotatable bonds is 3. The maximum Gasteiger partial charge on any atom is 0.285 e. The van der Waals surface area contributed by atoms with E-state index in [1.807, 2.05) is 12.1 Å². The number of hydrogen-bond donors (Lipinski definition) is 2. The van der Waals surface area contributed by atoms with Crippen molar-refractivity contribution >= 4 is 69.4 Å². The summed E-state index contributed by atoms with van der Waals surface area (Å²) in [5.74, 6) is -0.952. The highest BCUT2D eigenvalue weighted by atomic mass is 35.5. The first-order chi connectivity index (χ1) is 11.5. The number of hydrogen-bond acceptors (Lipinski definition) is 4. The van der Waals surface area contributed by atoms with Crippen LogP contribution in [0.3, 0.4) is 0 Å². The number of aromatic amines is 1. The molecule has 1 fully saturated rings. The van der Waals surface area contributed by atoms with Gasteiger partial charge in [-0.1, -0.05) is 35.0 Å². The molecule has 0 saturated carbocycles. The third kappa shape index (κ3) is 3.49. The van der Waals surface area contributed by atoms with Crippen molar-refractivity contribution in [2.45, 2.75) is 0 Å². The molecule has 0 radical (unpaired) electrons. The Morgan fingerprint density at radius 1 is 1.33 bits per heavy atom. The van der Waals surface area contributed by atoms with Gasteiger partial charge in [-0.2, -0.15) is 5.01 Å². The summed E-state index contributed by atoms with van der Waals surface area (Å²) in [6.45, 7) is 0. The number of aromatic nitrogens is 1. The molecule has 9 heteroatoms. The summed E-state index contributed by atoms with van der Waals surface area (Å²) >= 11 is 18.1. The van der Waals surface area contributed by atoms with Gasteiger partial charge in [-0.05, 0) is 48.6 Å². The molecule has 1 aliphatic heterocycles. The topological polar surface area (TPSA) is 65.2 Å².